The number of nitrogens with one attached hydrogen (secondary N) is 2. The number of carbonyl (C=O) groups is 3. The Morgan fingerprint density at radius 2 is 1.20 bits per heavy atom. The predicted octanol–water partition coefficient (Wildman–Crippen LogP) is 7.49. The summed E-state index contributed by atoms with van der Waals surface area (Å²) in [5.74, 6) is -1.61. The molecule has 246 valence electrons. The highest BCUT2D eigenvalue weighted by Gasteiger charge is 2.39. The summed E-state index contributed by atoms with van der Waals surface area (Å²) in [4.78, 5) is 63.4. The van der Waals surface area contributed by atoms with Crippen molar-refractivity contribution in [2.24, 2.45) is 5.92 Å². The van der Waals surface area contributed by atoms with Crippen LogP contribution in [-0.4, -0.2) is 45.5 Å². The van der Waals surface area contributed by atoms with Gasteiger partial charge in [0.2, 0.25) is 11.8 Å². The van der Waals surface area contributed by atoms with Crippen molar-refractivity contribution in [3.05, 3.63) is 132 Å². The first kappa shape index (κ1) is 32.2. The van der Waals surface area contributed by atoms with E-state index in [1.807, 2.05) is 84.9 Å². The van der Waals surface area contributed by atoms with Gasteiger partial charge in [-0.3, -0.25) is 18.9 Å². The number of carbonyl (C=O) groups excluding carboxylic acids is 3. The van der Waals surface area contributed by atoms with Crippen LogP contribution < -0.4 is 10.6 Å². The number of rotatable bonds is 7. The molecule has 1 aliphatic heterocycles. The fourth-order valence-electron chi connectivity index (χ4n) is 6.70. The molecule has 6 aromatic rings. The first-order valence-corrected chi connectivity index (χ1v) is 17.8. The van der Waals surface area contributed by atoms with Crippen LogP contribution in [0.3, 0.4) is 0 Å². The van der Waals surface area contributed by atoms with Gasteiger partial charge in [0.25, 0.3) is 5.91 Å². The maximum atomic E-state index is 13.8. The SMILES string of the molecule is O=C(Nc1cc2ccccc2cc1NC(=O)C(c1cccc2ccccc12)P(=O)(O)O)C1CCN(C(=O)c2ccc3ccccc3c2)CC1. The van der Waals surface area contributed by atoms with Crippen molar-refractivity contribution in [3.63, 3.8) is 0 Å². The average Bonchev–Trinajstić information content (AvgIpc) is 3.11. The summed E-state index contributed by atoms with van der Waals surface area (Å²) in [5.41, 5.74) is -0.428. The lowest BCUT2D eigenvalue weighted by Gasteiger charge is -2.31. The molecular formula is C39H34N3O6P. The van der Waals surface area contributed by atoms with Crippen LogP contribution in [0.5, 0.6) is 0 Å². The number of fused-ring (bicyclic) bond motifs is 3. The molecule has 9 nitrogen and oxygen atoms in total. The smallest absolute Gasteiger partial charge is 0.339 e. The molecule has 3 amide bonds. The number of hydrogen-bond donors (Lipinski definition) is 4. The second-order valence-corrected chi connectivity index (χ2v) is 14.1. The number of hydrogen-bond acceptors (Lipinski definition) is 4. The average molecular weight is 672 g/mol. The van der Waals surface area contributed by atoms with Crippen molar-refractivity contribution in [2.75, 3.05) is 23.7 Å². The van der Waals surface area contributed by atoms with Crippen LogP contribution in [0, 0.1) is 5.92 Å². The Kier molecular flexibility index (Phi) is 8.73. The molecule has 7 rings (SSSR count). The third kappa shape index (κ3) is 6.69. The minimum absolute atomic E-state index is 0.0741. The molecule has 0 aliphatic carbocycles. The molecule has 0 saturated carbocycles. The maximum Gasteiger partial charge on any atom is 0.342 e. The summed E-state index contributed by atoms with van der Waals surface area (Å²) >= 11 is 0. The summed E-state index contributed by atoms with van der Waals surface area (Å²) in [6.07, 6.45) is 0.920. The van der Waals surface area contributed by atoms with E-state index in [2.05, 4.69) is 10.6 Å². The molecule has 1 unspecified atom stereocenters. The molecule has 0 spiro atoms. The Bertz CT molecular complexity index is 2290. The third-order valence-corrected chi connectivity index (χ3v) is 10.4. The van der Waals surface area contributed by atoms with E-state index in [-0.39, 0.29) is 29.0 Å². The van der Waals surface area contributed by atoms with Crippen LogP contribution in [0.2, 0.25) is 0 Å². The zero-order valence-corrected chi connectivity index (χ0v) is 27.3. The fraction of sp³-hybridized carbons (Fsp3) is 0.154. The quantitative estimate of drug-likeness (QED) is 0.130. The van der Waals surface area contributed by atoms with Crippen LogP contribution >= 0.6 is 7.60 Å². The van der Waals surface area contributed by atoms with Gasteiger partial charge in [-0.1, -0.05) is 97.1 Å². The van der Waals surface area contributed by atoms with E-state index < -0.39 is 19.2 Å². The predicted molar refractivity (Wildman–Crippen MR) is 193 cm³/mol. The first-order valence-electron chi connectivity index (χ1n) is 16.1. The first-order chi connectivity index (χ1) is 23.7. The summed E-state index contributed by atoms with van der Waals surface area (Å²) in [5, 5.41) is 10.6. The van der Waals surface area contributed by atoms with Gasteiger partial charge in [-0.2, -0.15) is 0 Å². The Morgan fingerprint density at radius 1 is 0.653 bits per heavy atom. The Morgan fingerprint density at radius 3 is 1.86 bits per heavy atom. The molecule has 1 fully saturated rings. The molecule has 10 heteroatoms. The number of benzene rings is 6. The fourth-order valence-corrected chi connectivity index (χ4v) is 7.65. The molecule has 1 saturated heterocycles. The van der Waals surface area contributed by atoms with Crippen LogP contribution in [0.15, 0.2) is 121 Å². The Balaban J connectivity index is 1.11. The zero-order chi connectivity index (χ0) is 34.1. The molecule has 0 radical (unpaired) electrons. The van der Waals surface area contributed by atoms with Gasteiger partial charge in [-0.05, 0) is 75.0 Å². The molecule has 1 aliphatic rings. The number of nitrogens with zero attached hydrogens (tertiary/aromatic N) is 1. The lowest BCUT2D eigenvalue weighted by atomic mass is 9.95. The lowest BCUT2D eigenvalue weighted by molar-refractivity contribution is -0.121. The van der Waals surface area contributed by atoms with Crippen molar-refractivity contribution in [1.82, 2.24) is 4.90 Å². The molecule has 6 aromatic carbocycles. The zero-order valence-electron chi connectivity index (χ0n) is 26.5. The summed E-state index contributed by atoms with van der Waals surface area (Å²) in [7, 11) is -4.99. The molecule has 49 heavy (non-hydrogen) atoms. The van der Waals surface area contributed by atoms with Crippen LogP contribution in [0.25, 0.3) is 32.3 Å². The summed E-state index contributed by atoms with van der Waals surface area (Å²) in [6, 6.07) is 36.5. The van der Waals surface area contributed by atoms with Gasteiger partial charge < -0.3 is 25.3 Å². The number of likely N-dealkylation sites (tertiary alicyclic amines) is 1. The van der Waals surface area contributed by atoms with Gasteiger partial charge in [0.1, 0.15) is 0 Å². The maximum absolute atomic E-state index is 13.8. The normalized spacial score (nSPS) is 14.5. The standard InChI is InChI=1S/C39H34N3O6P/c43-37(27-18-20-42(21-19-27)39(45)31-17-16-25-8-1-2-10-28(25)22-31)40-34-23-29-11-3-4-12-30(29)24-35(34)41-38(44)36(49(46,47)48)33-15-7-13-26-9-5-6-14-32(26)33/h1-17,22-24,27,36H,18-21H2,(H,40,43)(H,41,44)(H2,46,47,48). The molecule has 0 aromatic heterocycles. The van der Waals surface area contributed by atoms with Crippen molar-refractivity contribution in [3.8, 4) is 0 Å². The monoisotopic (exact) mass is 671 g/mol. The summed E-state index contributed by atoms with van der Waals surface area (Å²) < 4.78 is 12.8. The van der Waals surface area contributed by atoms with Crippen molar-refractivity contribution >= 4 is 69.0 Å². The van der Waals surface area contributed by atoms with E-state index in [0.29, 0.717) is 42.6 Å². The Hall–Kier alpha value is -5.34. The summed E-state index contributed by atoms with van der Waals surface area (Å²) in [6.45, 7) is 0.833. The number of anilines is 2. The highest BCUT2D eigenvalue weighted by Crippen LogP contribution is 2.53. The van der Waals surface area contributed by atoms with E-state index in [1.165, 1.54) is 0 Å². The van der Waals surface area contributed by atoms with Crippen molar-refractivity contribution in [1.29, 1.82) is 0 Å². The molecule has 0 bridgehead atoms. The van der Waals surface area contributed by atoms with E-state index in [9.17, 15) is 28.7 Å². The number of amides is 3. The van der Waals surface area contributed by atoms with Crippen molar-refractivity contribution in [2.45, 2.75) is 18.5 Å². The third-order valence-electron chi connectivity index (χ3n) is 9.25. The van der Waals surface area contributed by atoms with Gasteiger partial charge in [-0.25, -0.2) is 0 Å². The van der Waals surface area contributed by atoms with E-state index in [4.69, 9.17) is 0 Å². The van der Waals surface area contributed by atoms with Crippen LogP contribution in [0.4, 0.5) is 11.4 Å². The molecule has 1 atom stereocenters. The molecule has 4 N–H and O–H groups in total. The molecule has 1 heterocycles. The molecular weight excluding hydrogens is 637 g/mol. The van der Waals surface area contributed by atoms with Gasteiger partial charge >= 0.3 is 7.60 Å². The minimum atomic E-state index is -4.99. The van der Waals surface area contributed by atoms with Crippen molar-refractivity contribution < 1.29 is 28.7 Å². The second-order valence-electron chi connectivity index (χ2n) is 12.4. The van der Waals surface area contributed by atoms with E-state index >= 15 is 0 Å². The highest BCUT2D eigenvalue weighted by molar-refractivity contribution is 7.53. The van der Waals surface area contributed by atoms with Gasteiger partial charge in [0, 0.05) is 24.6 Å². The van der Waals surface area contributed by atoms with E-state index in [1.54, 1.807) is 41.3 Å². The van der Waals surface area contributed by atoms with Gasteiger partial charge in [0.15, 0.2) is 5.66 Å². The van der Waals surface area contributed by atoms with Gasteiger partial charge in [-0.15, -0.1) is 0 Å². The second kappa shape index (κ2) is 13.3. The Labute approximate surface area is 282 Å². The lowest BCUT2D eigenvalue weighted by Crippen LogP contribution is -2.41. The van der Waals surface area contributed by atoms with Crippen LogP contribution in [0.1, 0.15) is 34.4 Å². The van der Waals surface area contributed by atoms with Crippen LogP contribution in [-0.2, 0) is 14.2 Å². The largest absolute Gasteiger partial charge is 0.342 e. The van der Waals surface area contributed by atoms with Gasteiger partial charge in [0.05, 0.1) is 11.4 Å². The minimum Gasteiger partial charge on any atom is -0.339 e. The van der Waals surface area contributed by atoms with E-state index in [0.717, 1.165) is 26.9 Å². The topological polar surface area (TPSA) is 136 Å². The highest BCUT2D eigenvalue weighted by atomic mass is 31.2. The number of piperidine rings is 1.